The van der Waals surface area contributed by atoms with Crippen molar-refractivity contribution in [2.24, 2.45) is 0 Å². The number of nitrogens with one attached hydrogen (secondary N) is 2. The van der Waals surface area contributed by atoms with Crippen LogP contribution in [0.15, 0.2) is 22.6 Å². The Kier molecular flexibility index (Phi) is 3.45. The molecule has 1 amide bonds. The third-order valence-corrected chi connectivity index (χ3v) is 3.77. The number of nitrogens with zero attached hydrogens (tertiary/aromatic N) is 1. The van der Waals surface area contributed by atoms with Gasteiger partial charge in [0.1, 0.15) is 5.52 Å². The lowest BCUT2D eigenvalue weighted by Gasteiger charge is -2.24. The van der Waals surface area contributed by atoms with E-state index in [9.17, 15) is 4.79 Å². The maximum atomic E-state index is 12.3. The van der Waals surface area contributed by atoms with Crippen molar-refractivity contribution < 1.29 is 9.21 Å². The molecule has 0 atom stereocenters. The molecule has 0 bridgehead atoms. The molecule has 1 aromatic carbocycles. The van der Waals surface area contributed by atoms with Crippen molar-refractivity contribution in [3.05, 3.63) is 24.1 Å². The maximum absolute atomic E-state index is 12.3. The smallest absolute Gasteiger partial charge is 0.244 e. The first-order chi connectivity index (χ1) is 9.99. The number of amides is 1. The van der Waals surface area contributed by atoms with Gasteiger partial charge in [-0.1, -0.05) is 6.92 Å². The van der Waals surface area contributed by atoms with E-state index in [1.165, 1.54) is 0 Å². The summed E-state index contributed by atoms with van der Waals surface area (Å²) in [7, 11) is 0. The van der Waals surface area contributed by atoms with E-state index in [0.29, 0.717) is 5.92 Å². The van der Waals surface area contributed by atoms with Gasteiger partial charge in [0.25, 0.3) is 0 Å². The number of rotatable bonds is 5. The van der Waals surface area contributed by atoms with E-state index in [0.717, 1.165) is 42.1 Å². The molecule has 1 fully saturated rings. The lowest BCUT2D eigenvalue weighted by atomic mass is 10.0. The molecule has 1 aliphatic carbocycles. The van der Waals surface area contributed by atoms with Crippen LogP contribution >= 0.6 is 0 Å². The Hall–Kier alpha value is -1.88. The summed E-state index contributed by atoms with van der Waals surface area (Å²) >= 11 is 0. The highest BCUT2D eigenvalue weighted by Gasteiger charge is 2.29. The van der Waals surface area contributed by atoms with Crippen LogP contribution in [0.25, 0.3) is 11.1 Å². The largest absolute Gasteiger partial charge is 0.440 e. The van der Waals surface area contributed by atoms with E-state index >= 15 is 0 Å². The number of carbonyl (C=O) groups is 1. The first-order valence-corrected chi connectivity index (χ1v) is 7.46. The molecule has 2 aromatic rings. The van der Waals surface area contributed by atoms with E-state index < -0.39 is 5.54 Å². The molecule has 21 heavy (non-hydrogen) atoms. The van der Waals surface area contributed by atoms with Gasteiger partial charge < -0.3 is 15.1 Å². The van der Waals surface area contributed by atoms with Crippen LogP contribution in [-0.4, -0.2) is 23.0 Å². The Labute approximate surface area is 124 Å². The van der Waals surface area contributed by atoms with Crippen LogP contribution in [0.5, 0.6) is 0 Å². The Morgan fingerprint density at radius 1 is 1.43 bits per heavy atom. The quantitative estimate of drug-likeness (QED) is 0.887. The highest BCUT2D eigenvalue weighted by Crippen LogP contribution is 2.40. The molecule has 0 saturated heterocycles. The van der Waals surface area contributed by atoms with E-state index in [2.05, 4.69) is 15.6 Å². The molecule has 5 nitrogen and oxygen atoms in total. The minimum Gasteiger partial charge on any atom is -0.440 e. The van der Waals surface area contributed by atoms with Crippen LogP contribution in [0.3, 0.4) is 0 Å². The zero-order valence-electron chi connectivity index (χ0n) is 12.7. The van der Waals surface area contributed by atoms with E-state index in [-0.39, 0.29) is 5.91 Å². The monoisotopic (exact) mass is 287 g/mol. The van der Waals surface area contributed by atoms with E-state index in [1.54, 1.807) is 0 Å². The number of fused-ring (bicyclic) bond motifs is 1. The summed E-state index contributed by atoms with van der Waals surface area (Å²) in [5, 5.41) is 6.09. The number of benzene rings is 1. The topological polar surface area (TPSA) is 67.2 Å². The van der Waals surface area contributed by atoms with Gasteiger partial charge >= 0.3 is 0 Å². The van der Waals surface area contributed by atoms with Gasteiger partial charge in [-0.2, -0.15) is 0 Å². The van der Waals surface area contributed by atoms with Gasteiger partial charge in [-0.15, -0.1) is 0 Å². The second-order valence-electron chi connectivity index (χ2n) is 6.12. The van der Waals surface area contributed by atoms with Crippen molar-refractivity contribution in [3.63, 3.8) is 0 Å². The number of aromatic nitrogens is 1. The molecule has 5 heteroatoms. The van der Waals surface area contributed by atoms with Crippen molar-refractivity contribution in [1.82, 2.24) is 10.3 Å². The van der Waals surface area contributed by atoms with Crippen LogP contribution in [0, 0.1) is 0 Å². The number of anilines is 1. The van der Waals surface area contributed by atoms with Crippen LogP contribution < -0.4 is 10.6 Å². The molecule has 112 valence electrons. The molecule has 0 unspecified atom stereocenters. The fourth-order valence-electron chi connectivity index (χ4n) is 2.34. The van der Waals surface area contributed by atoms with Crippen molar-refractivity contribution in [2.75, 3.05) is 11.9 Å². The molecule has 2 N–H and O–H groups in total. The molecular formula is C16H21N3O2. The number of likely N-dealkylation sites (N-methyl/N-ethyl adjacent to an activating group) is 1. The average molecular weight is 287 g/mol. The first kappa shape index (κ1) is 14.1. The van der Waals surface area contributed by atoms with Gasteiger partial charge in [0.2, 0.25) is 5.91 Å². The average Bonchev–Trinajstić information content (AvgIpc) is 3.19. The van der Waals surface area contributed by atoms with Gasteiger partial charge in [0, 0.05) is 11.6 Å². The van der Waals surface area contributed by atoms with Crippen molar-refractivity contribution in [2.45, 2.75) is 45.1 Å². The van der Waals surface area contributed by atoms with E-state index in [4.69, 9.17) is 4.42 Å². The van der Waals surface area contributed by atoms with Crippen LogP contribution in [-0.2, 0) is 4.79 Å². The Morgan fingerprint density at radius 2 is 2.19 bits per heavy atom. The third-order valence-electron chi connectivity index (χ3n) is 3.77. The number of carbonyl (C=O) groups excluding carboxylic acids is 1. The standard InChI is InChI=1S/C16H21N3O2/c1-4-17-16(2,3)15(20)18-11-7-8-13-12(9-11)19-14(21-13)10-5-6-10/h7-10,17H,4-6H2,1-3H3,(H,18,20). The first-order valence-electron chi connectivity index (χ1n) is 7.46. The van der Waals surface area contributed by atoms with Gasteiger partial charge in [0.15, 0.2) is 11.5 Å². The highest BCUT2D eigenvalue weighted by molar-refractivity contribution is 5.98. The van der Waals surface area contributed by atoms with Gasteiger partial charge in [-0.05, 0) is 51.4 Å². The van der Waals surface area contributed by atoms with Crippen molar-refractivity contribution >= 4 is 22.7 Å². The number of hydrogen-bond acceptors (Lipinski definition) is 4. The molecule has 0 spiro atoms. The predicted molar refractivity (Wildman–Crippen MR) is 82.4 cm³/mol. The van der Waals surface area contributed by atoms with Crippen LogP contribution in [0.1, 0.15) is 45.4 Å². The molecule has 3 rings (SSSR count). The normalized spacial score (nSPS) is 15.4. The lowest BCUT2D eigenvalue weighted by Crippen LogP contribution is -2.49. The number of oxazole rings is 1. The summed E-state index contributed by atoms with van der Waals surface area (Å²) in [4.78, 5) is 16.8. The van der Waals surface area contributed by atoms with Crippen molar-refractivity contribution in [1.29, 1.82) is 0 Å². The van der Waals surface area contributed by atoms with Gasteiger partial charge in [0.05, 0.1) is 5.54 Å². The Balaban J connectivity index is 1.79. The molecule has 1 saturated carbocycles. The minimum absolute atomic E-state index is 0.0605. The molecular weight excluding hydrogens is 266 g/mol. The van der Waals surface area contributed by atoms with Gasteiger partial charge in [-0.3, -0.25) is 4.79 Å². The Morgan fingerprint density at radius 3 is 2.86 bits per heavy atom. The summed E-state index contributed by atoms with van der Waals surface area (Å²) < 4.78 is 5.72. The van der Waals surface area contributed by atoms with Crippen LogP contribution in [0.2, 0.25) is 0 Å². The van der Waals surface area contributed by atoms with Crippen LogP contribution in [0.4, 0.5) is 5.69 Å². The SMILES string of the molecule is CCNC(C)(C)C(=O)Nc1ccc2oc(C3CC3)nc2c1. The molecule has 1 heterocycles. The number of hydrogen-bond donors (Lipinski definition) is 2. The lowest BCUT2D eigenvalue weighted by molar-refractivity contribution is -0.121. The fourth-order valence-corrected chi connectivity index (χ4v) is 2.34. The molecule has 0 radical (unpaired) electrons. The summed E-state index contributed by atoms with van der Waals surface area (Å²) in [6.45, 7) is 6.46. The molecule has 1 aromatic heterocycles. The summed E-state index contributed by atoms with van der Waals surface area (Å²) in [5.74, 6) is 1.25. The van der Waals surface area contributed by atoms with Crippen molar-refractivity contribution in [3.8, 4) is 0 Å². The van der Waals surface area contributed by atoms with Gasteiger partial charge in [-0.25, -0.2) is 4.98 Å². The second-order valence-corrected chi connectivity index (χ2v) is 6.12. The molecule has 0 aliphatic heterocycles. The fraction of sp³-hybridized carbons (Fsp3) is 0.500. The zero-order chi connectivity index (χ0) is 15.0. The predicted octanol–water partition coefficient (Wildman–Crippen LogP) is 3.03. The summed E-state index contributed by atoms with van der Waals surface area (Å²) in [6, 6.07) is 5.58. The highest BCUT2D eigenvalue weighted by atomic mass is 16.3. The second kappa shape index (κ2) is 5.15. The maximum Gasteiger partial charge on any atom is 0.244 e. The van der Waals surface area contributed by atoms with E-state index in [1.807, 2.05) is 39.0 Å². The molecule has 1 aliphatic rings. The Bertz CT molecular complexity index is 671. The summed E-state index contributed by atoms with van der Waals surface area (Å²) in [6.07, 6.45) is 2.32. The zero-order valence-corrected chi connectivity index (χ0v) is 12.7. The third kappa shape index (κ3) is 2.93. The minimum atomic E-state index is -0.604. The summed E-state index contributed by atoms with van der Waals surface area (Å²) in [5.41, 5.74) is 1.72.